The van der Waals surface area contributed by atoms with E-state index in [0.29, 0.717) is 13.2 Å². The molecular weight excluding hydrogens is 154 g/mol. The molecule has 1 unspecified atom stereocenters. The van der Waals surface area contributed by atoms with Gasteiger partial charge in [0, 0.05) is 19.1 Å². The normalized spacial score (nSPS) is 25.0. The summed E-state index contributed by atoms with van der Waals surface area (Å²) < 4.78 is 5.02. The van der Waals surface area contributed by atoms with E-state index in [1.54, 1.807) is 7.11 Å². The van der Waals surface area contributed by atoms with E-state index in [4.69, 9.17) is 10.5 Å². The summed E-state index contributed by atoms with van der Waals surface area (Å²) in [5, 5.41) is 10.2. The summed E-state index contributed by atoms with van der Waals surface area (Å²) in [6.07, 6.45) is 2.80. The minimum atomic E-state index is -0.698. The molecule has 0 aromatic carbocycles. The highest BCUT2D eigenvalue weighted by atomic mass is 16.5. The molecule has 0 aromatic heterocycles. The highest BCUT2D eigenvalue weighted by Crippen LogP contribution is 2.54. The number of methoxy groups -OCH3 is 1. The third-order valence-electron chi connectivity index (χ3n) is 3.20. The Morgan fingerprint density at radius 3 is 2.42 bits per heavy atom. The maximum Gasteiger partial charge on any atom is 0.0945 e. The second-order valence-corrected chi connectivity index (χ2v) is 3.80. The summed E-state index contributed by atoms with van der Waals surface area (Å²) >= 11 is 0. The number of aliphatic hydroxyl groups is 1. The van der Waals surface area contributed by atoms with E-state index >= 15 is 0 Å². The van der Waals surface area contributed by atoms with Crippen LogP contribution in [0, 0.1) is 5.41 Å². The molecule has 0 bridgehead atoms. The Balaban J connectivity index is 2.65. The summed E-state index contributed by atoms with van der Waals surface area (Å²) in [6, 6.07) is 0. The standard InChI is InChI=1S/C9H19NO2/c1-3-9(11,7-12-2)8(6-10)4-5-8/h11H,3-7,10H2,1-2H3. The van der Waals surface area contributed by atoms with Crippen LogP contribution in [0.25, 0.3) is 0 Å². The Labute approximate surface area is 73.9 Å². The summed E-state index contributed by atoms with van der Waals surface area (Å²) in [5.74, 6) is 0. The van der Waals surface area contributed by atoms with E-state index < -0.39 is 5.60 Å². The SMILES string of the molecule is CCC(O)(COC)C1(CN)CC1. The van der Waals surface area contributed by atoms with Crippen molar-refractivity contribution in [3.63, 3.8) is 0 Å². The second-order valence-electron chi connectivity index (χ2n) is 3.80. The molecule has 1 rings (SSSR count). The summed E-state index contributed by atoms with van der Waals surface area (Å²) in [5.41, 5.74) is 4.90. The zero-order chi connectivity index (χ0) is 9.24. The van der Waals surface area contributed by atoms with Gasteiger partial charge in [0.15, 0.2) is 0 Å². The van der Waals surface area contributed by atoms with Crippen LogP contribution in [-0.2, 0) is 4.74 Å². The number of nitrogens with two attached hydrogens (primary N) is 1. The van der Waals surface area contributed by atoms with E-state index in [1.807, 2.05) is 6.92 Å². The number of rotatable bonds is 5. The van der Waals surface area contributed by atoms with Gasteiger partial charge < -0.3 is 15.6 Å². The third-order valence-corrected chi connectivity index (χ3v) is 3.20. The molecule has 1 aliphatic rings. The lowest BCUT2D eigenvalue weighted by Gasteiger charge is -2.34. The van der Waals surface area contributed by atoms with Crippen molar-refractivity contribution < 1.29 is 9.84 Å². The predicted octanol–water partition coefficient (Wildman–Crippen LogP) is 0.513. The fourth-order valence-corrected chi connectivity index (χ4v) is 1.88. The van der Waals surface area contributed by atoms with Crippen molar-refractivity contribution in [1.29, 1.82) is 0 Å². The molecule has 1 saturated carbocycles. The summed E-state index contributed by atoms with van der Waals surface area (Å²) in [7, 11) is 1.62. The van der Waals surface area contributed by atoms with Crippen molar-refractivity contribution in [2.24, 2.45) is 11.1 Å². The third kappa shape index (κ3) is 1.37. The van der Waals surface area contributed by atoms with Gasteiger partial charge in [-0.15, -0.1) is 0 Å². The maximum atomic E-state index is 10.2. The van der Waals surface area contributed by atoms with Gasteiger partial charge in [0.1, 0.15) is 0 Å². The van der Waals surface area contributed by atoms with Gasteiger partial charge in [-0.25, -0.2) is 0 Å². The fourth-order valence-electron chi connectivity index (χ4n) is 1.88. The summed E-state index contributed by atoms with van der Waals surface area (Å²) in [6.45, 7) is 2.95. The first-order valence-corrected chi connectivity index (χ1v) is 4.55. The molecule has 0 aromatic rings. The molecular formula is C9H19NO2. The van der Waals surface area contributed by atoms with Crippen LogP contribution in [0.1, 0.15) is 26.2 Å². The second kappa shape index (κ2) is 3.32. The van der Waals surface area contributed by atoms with Crippen LogP contribution in [0.5, 0.6) is 0 Å². The van der Waals surface area contributed by atoms with Crippen LogP contribution >= 0.6 is 0 Å². The van der Waals surface area contributed by atoms with Gasteiger partial charge in [0.2, 0.25) is 0 Å². The smallest absolute Gasteiger partial charge is 0.0945 e. The molecule has 1 aliphatic carbocycles. The van der Waals surface area contributed by atoms with Gasteiger partial charge in [-0.1, -0.05) is 6.92 Å². The molecule has 0 amide bonds. The lowest BCUT2D eigenvalue weighted by atomic mass is 9.82. The zero-order valence-corrected chi connectivity index (χ0v) is 7.97. The van der Waals surface area contributed by atoms with Crippen LogP contribution < -0.4 is 5.73 Å². The van der Waals surface area contributed by atoms with Gasteiger partial charge >= 0.3 is 0 Å². The van der Waals surface area contributed by atoms with Crippen molar-refractivity contribution in [2.45, 2.75) is 31.8 Å². The molecule has 1 atom stereocenters. The van der Waals surface area contributed by atoms with Crippen LogP contribution in [0.4, 0.5) is 0 Å². The Morgan fingerprint density at radius 1 is 1.58 bits per heavy atom. The van der Waals surface area contributed by atoms with Crippen molar-refractivity contribution in [3.8, 4) is 0 Å². The topological polar surface area (TPSA) is 55.5 Å². The van der Waals surface area contributed by atoms with Crippen LogP contribution in [0.15, 0.2) is 0 Å². The fraction of sp³-hybridized carbons (Fsp3) is 1.00. The Bertz CT molecular complexity index is 157. The molecule has 0 saturated heterocycles. The van der Waals surface area contributed by atoms with E-state index in [2.05, 4.69) is 0 Å². The molecule has 0 radical (unpaired) electrons. The predicted molar refractivity (Wildman–Crippen MR) is 47.8 cm³/mol. The first-order chi connectivity index (χ1) is 5.64. The van der Waals surface area contributed by atoms with Crippen molar-refractivity contribution in [2.75, 3.05) is 20.3 Å². The molecule has 72 valence electrons. The molecule has 0 heterocycles. The van der Waals surface area contributed by atoms with Gasteiger partial charge in [-0.2, -0.15) is 0 Å². The van der Waals surface area contributed by atoms with Crippen molar-refractivity contribution in [3.05, 3.63) is 0 Å². The minimum Gasteiger partial charge on any atom is -0.387 e. The van der Waals surface area contributed by atoms with E-state index in [-0.39, 0.29) is 5.41 Å². The lowest BCUT2D eigenvalue weighted by Crippen LogP contribution is -2.47. The largest absolute Gasteiger partial charge is 0.387 e. The first kappa shape index (κ1) is 9.96. The monoisotopic (exact) mass is 173 g/mol. The Morgan fingerprint density at radius 2 is 2.17 bits per heavy atom. The maximum absolute atomic E-state index is 10.2. The zero-order valence-electron chi connectivity index (χ0n) is 7.97. The van der Waals surface area contributed by atoms with Gasteiger partial charge in [0.25, 0.3) is 0 Å². The van der Waals surface area contributed by atoms with Crippen molar-refractivity contribution >= 4 is 0 Å². The van der Waals surface area contributed by atoms with Gasteiger partial charge in [0.05, 0.1) is 12.2 Å². The van der Waals surface area contributed by atoms with E-state index in [9.17, 15) is 5.11 Å². The number of hydrogen-bond donors (Lipinski definition) is 2. The van der Waals surface area contributed by atoms with Crippen LogP contribution in [0.2, 0.25) is 0 Å². The minimum absolute atomic E-state index is 0.0439. The average molecular weight is 173 g/mol. The first-order valence-electron chi connectivity index (χ1n) is 4.55. The average Bonchev–Trinajstić information content (AvgIpc) is 2.85. The summed E-state index contributed by atoms with van der Waals surface area (Å²) in [4.78, 5) is 0. The molecule has 1 fully saturated rings. The molecule has 3 N–H and O–H groups in total. The lowest BCUT2D eigenvalue weighted by molar-refractivity contribution is -0.0851. The number of hydrogen-bond acceptors (Lipinski definition) is 3. The Hall–Kier alpha value is -0.120. The molecule has 3 heteroatoms. The van der Waals surface area contributed by atoms with E-state index in [0.717, 1.165) is 19.3 Å². The molecule has 0 aliphatic heterocycles. The van der Waals surface area contributed by atoms with Gasteiger partial charge in [-0.05, 0) is 19.3 Å². The number of ether oxygens (including phenoxy) is 1. The highest BCUT2D eigenvalue weighted by molar-refractivity contribution is 5.08. The Kier molecular flexibility index (Phi) is 2.76. The highest BCUT2D eigenvalue weighted by Gasteiger charge is 2.56. The van der Waals surface area contributed by atoms with Crippen LogP contribution in [0.3, 0.4) is 0 Å². The quantitative estimate of drug-likeness (QED) is 0.637. The molecule has 0 spiro atoms. The molecule has 3 nitrogen and oxygen atoms in total. The molecule has 12 heavy (non-hydrogen) atoms. The van der Waals surface area contributed by atoms with E-state index in [1.165, 1.54) is 0 Å². The van der Waals surface area contributed by atoms with Crippen molar-refractivity contribution in [1.82, 2.24) is 0 Å². The van der Waals surface area contributed by atoms with Crippen LogP contribution in [-0.4, -0.2) is 31.0 Å². The van der Waals surface area contributed by atoms with Gasteiger partial charge in [-0.3, -0.25) is 0 Å².